The summed E-state index contributed by atoms with van der Waals surface area (Å²) < 4.78 is 10.5. The van der Waals surface area contributed by atoms with E-state index in [4.69, 9.17) is 9.47 Å². The van der Waals surface area contributed by atoms with Crippen LogP contribution in [0.2, 0.25) is 0 Å². The number of amides is 2. The number of carboxylic acid groups (broad SMARTS) is 1. The summed E-state index contributed by atoms with van der Waals surface area (Å²) in [5.74, 6) is -0.970. The number of carbonyl (C=O) groups is 2. The smallest absolute Gasteiger partial charge is 0.329 e. The second-order valence-corrected chi connectivity index (χ2v) is 5.67. The van der Waals surface area contributed by atoms with Crippen LogP contribution in [-0.4, -0.2) is 67.1 Å². The van der Waals surface area contributed by atoms with Gasteiger partial charge < -0.3 is 24.8 Å². The van der Waals surface area contributed by atoms with Gasteiger partial charge >= 0.3 is 12.0 Å². The third kappa shape index (κ3) is 2.73. The number of rotatable bonds is 5. The van der Waals surface area contributed by atoms with E-state index in [0.717, 1.165) is 12.8 Å². The van der Waals surface area contributed by atoms with Crippen LogP contribution in [0.4, 0.5) is 4.79 Å². The molecule has 1 saturated carbocycles. The van der Waals surface area contributed by atoms with Crippen molar-refractivity contribution in [2.45, 2.75) is 37.5 Å². The molecule has 7 heteroatoms. The maximum atomic E-state index is 12.3. The monoisotopic (exact) mass is 286 g/mol. The number of hydrogen-bond donors (Lipinski definition) is 2. The standard InChI is InChI=1S/C13H22N2O5/c1-13(11(16)17,8-4-5-8)14-12(18)15-6-9(19-2)10(7-15)20-3/h8-10H,4-7H2,1-3H3,(H,14,18)(H,16,17). The van der Waals surface area contributed by atoms with Crippen LogP contribution < -0.4 is 5.32 Å². The van der Waals surface area contributed by atoms with Crippen LogP contribution in [0.5, 0.6) is 0 Å². The Kier molecular flexibility index (Phi) is 4.19. The van der Waals surface area contributed by atoms with Crippen LogP contribution in [-0.2, 0) is 14.3 Å². The van der Waals surface area contributed by atoms with Gasteiger partial charge in [0, 0.05) is 14.2 Å². The van der Waals surface area contributed by atoms with Crippen molar-refractivity contribution in [1.82, 2.24) is 10.2 Å². The van der Waals surface area contributed by atoms with Crippen molar-refractivity contribution in [1.29, 1.82) is 0 Å². The number of aliphatic carboxylic acids is 1. The average molecular weight is 286 g/mol. The lowest BCUT2D eigenvalue weighted by molar-refractivity contribution is -0.144. The SMILES string of the molecule is COC1CN(C(=O)NC(C)(C(=O)O)C2CC2)CC1OC. The number of methoxy groups -OCH3 is 2. The van der Waals surface area contributed by atoms with Gasteiger partial charge in [-0.05, 0) is 25.7 Å². The van der Waals surface area contributed by atoms with Crippen molar-refractivity contribution in [2.24, 2.45) is 5.92 Å². The summed E-state index contributed by atoms with van der Waals surface area (Å²) in [5, 5.41) is 12.0. The predicted octanol–water partition coefficient (Wildman–Crippen LogP) is 0.295. The molecule has 1 heterocycles. The van der Waals surface area contributed by atoms with Crippen molar-refractivity contribution in [3.05, 3.63) is 0 Å². The van der Waals surface area contributed by atoms with Crippen LogP contribution >= 0.6 is 0 Å². The quantitative estimate of drug-likeness (QED) is 0.758. The number of urea groups is 1. The first-order valence-electron chi connectivity index (χ1n) is 6.78. The molecule has 114 valence electrons. The third-order valence-electron chi connectivity index (χ3n) is 4.31. The second kappa shape index (κ2) is 5.57. The summed E-state index contributed by atoms with van der Waals surface area (Å²) in [4.78, 5) is 25.2. The van der Waals surface area contributed by atoms with E-state index in [9.17, 15) is 14.7 Å². The Bertz CT molecular complexity index is 386. The minimum absolute atomic E-state index is 0.0167. The summed E-state index contributed by atoms with van der Waals surface area (Å²) >= 11 is 0. The highest BCUT2D eigenvalue weighted by Gasteiger charge is 2.49. The molecule has 0 spiro atoms. The Hall–Kier alpha value is -1.34. The van der Waals surface area contributed by atoms with Crippen LogP contribution in [0.1, 0.15) is 19.8 Å². The van der Waals surface area contributed by atoms with Crippen LogP contribution in [0.25, 0.3) is 0 Å². The molecule has 2 fully saturated rings. The molecule has 2 N–H and O–H groups in total. The molecule has 2 amide bonds. The highest BCUT2D eigenvalue weighted by atomic mass is 16.5. The molecule has 20 heavy (non-hydrogen) atoms. The van der Waals surface area contributed by atoms with Gasteiger partial charge in [0.1, 0.15) is 17.7 Å². The summed E-state index contributed by atoms with van der Waals surface area (Å²) in [6, 6.07) is -0.372. The van der Waals surface area contributed by atoms with Crippen molar-refractivity contribution in [3.8, 4) is 0 Å². The number of nitrogens with one attached hydrogen (secondary N) is 1. The van der Waals surface area contributed by atoms with Gasteiger partial charge in [0.2, 0.25) is 0 Å². The molecule has 0 aromatic heterocycles. The van der Waals surface area contributed by atoms with Gasteiger partial charge in [0.15, 0.2) is 0 Å². The molecule has 0 radical (unpaired) electrons. The van der Waals surface area contributed by atoms with Crippen LogP contribution in [0.3, 0.4) is 0 Å². The minimum Gasteiger partial charge on any atom is -0.480 e. The Morgan fingerprint density at radius 1 is 1.20 bits per heavy atom. The number of carbonyl (C=O) groups excluding carboxylic acids is 1. The molecule has 0 aromatic carbocycles. The molecule has 0 aromatic rings. The first kappa shape index (κ1) is 15.1. The summed E-state index contributed by atoms with van der Waals surface area (Å²) in [6.45, 7) is 2.38. The van der Waals surface area contributed by atoms with Gasteiger partial charge in [-0.15, -0.1) is 0 Å². The third-order valence-corrected chi connectivity index (χ3v) is 4.31. The van der Waals surface area contributed by atoms with Crippen molar-refractivity contribution < 1.29 is 24.2 Å². The number of hydrogen-bond acceptors (Lipinski definition) is 4. The fraction of sp³-hybridized carbons (Fsp3) is 0.846. The molecule has 2 aliphatic rings. The zero-order valence-corrected chi connectivity index (χ0v) is 12.1. The number of likely N-dealkylation sites (tertiary alicyclic amines) is 1. The van der Waals surface area contributed by atoms with E-state index in [1.807, 2.05) is 0 Å². The zero-order chi connectivity index (χ0) is 14.9. The van der Waals surface area contributed by atoms with E-state index in [-0.39, 0.29) is 24.2 Å². The molecule has 1 aliphatic heterocycles. The first-order valence-corrected chi connectivity index (χ1v) is 6.78. The lowest BCUT2D eigenvalue weighted by atomic mass is 9.96. The van der Waals surface area contributed by atoms with E-state index in [2.05, 4.69) is 5.32 Å². The minimum atomic E-state index is -1.19. The molecule has 0 bridgehead atoms. The van der Waals surface area contributed by atoms with E-state index in [1.165, 1.54) is 0 Å². The molecular weight excluding hydrogens is 264 g/mol. The van der Waals surface area contributed by atoms with Crippen molar-refractivity contribution >= 4 is 12.0 Å². The lowest BCUT2D eigenvalue weighted by Gasteiger charge is -2.29. The Balaban J connectivity index is 2.00. The molecule has 3 atom stereocenters. The molecule has 7 nitrogen and oxygen atoms in total. The number of carboxylic acids is 1. The fourth-order valence-electron chi connectivity index (χ4n) is 2.65. The Morgan fingerprint density at radius 2 is 1.70 bits per heavy atom. The molecule has 1 saturated heterocycles. The summed E-state index contributed by atoms with van der Waals surface area (Å²) in [5.41, 5.74) is -1.19. The lowest BCUT2D eigenvalue weighted by Crippen LogP contribution is -2.57. The van der Waals surface area contributed by atoms with E-state index >= 15 is 0 Å². The largest absolute Gasteiger partial charge is 0.480 e. The highest BCUT2D eigenvalue weighted by Crippen LogP contribution is 2.39. The number of nitrogens with zero attached hydrogens (tertiary/aromatic N) is 1. The van der Waals surface area contributed by atoms with Gasteiger partial charge in [0.25, 0.3) is 0 Å². The van der Waals surface area contributed by atoms with E-state index < -0.39 is 11.5 Å². The second-order valence-electron chi connectivity index (χ2n) is 5.67. The zero-order valence-electron chi connectivity index (χ0n) is 12.1. The van der Waals surface area contributed by atoms with E-state index in [0.29, 0.717) is 13.1 Å². The molecular formula is C13H22N2O5. The van der Waals surface area contributed by atoms with Gasteiger partial charge in [-0.3, -0.25) is 0 Å². The van der Waals surface area contributed by atoms with Crippen molar-refractivity contribution in [3.63, 3.8) is 0 Å². The topological polar surface area (TPSA) is 88.1 Å². The number of ether oxygens (including phenoxy) is 2. The highest BCUT2D eigenvalue weighted by molar-refractivity contribution is 5.86. The van der Waals surface area contributed by atoms with Gasteiger partial charge in [-0.1, -0.05) is 0 Å². The van der Waals surface area contributed by atoms with Crippen LogP contribution in [0.15, 0.2) is 0 Å². The summed E-state index contributed by atoms with van der Waals surface area (Å²) in [6.07, 6.45) is 1.32. The first-order chi connectivity index (χ1) is 9.42. The van der Waals surface area contributed by atoms with Gasteiger partial charge in [-0.25, -0.2) is 9.59 Å². The van der Waals surface area contributed by atoms with E-state index in [1.54, 1.807) is 26.0 Å². The van der Waals surface area contributed by atoms with Crippen LogP contribution in [0, 0.1) is 5.92 Å². The Labute approximate surface area is 118 Å². The molecule has 2 rings (SSSR count). The maximum absolute atomic E-state index is 12.3. The summed E-state index contributed by atoms with van der Waals surface area (Å²) in [7, 11) is 3.15. The Morgan fingerprint density at radius 3 is 2.05 bits per heavy atom. The fourth-order valence-corrected chi connectivity index (χ4v) is 2.65. The molecule has 3 unspecified atom stereocenters. The van der Waals surface area contributed by atoms with Gasteiger partial charge in [0.05, 0.1) is 13.1 Å². The van der Waals surface area contributed by atoms with Crippen molar-refractivity contribution in [2.75, 3.05) is 27.3 Å². The normalized spacial score (nSPS) is 29.1. The molecule has 1 aliphatic carbocycles. The predicted molar refractivity (Wildman–Crippen MR) is 70.5 cm³/mol. The maximum Gasteiger partial charge on any atom is 0.329 e. The van der Waals surface area contributed by atoms with Gasteiger partial charge in [-0.2, -0.15) is 0 Å². The average Bonchev–Trinajstić information content (AvgIpc) is 3.18.